The summed E-state index contributed by atoms with van der Waals surface area (Å²) < 4.78 is 5.52. The van der Waals surface area contributed by atoms with Gasteiger partial charge in [-0.1, -0.05) is 19.1 Å². The number of nitrogens with one attached hydrogen (secondary N) is 2. The van der Waals surface area contributed by atoms with Crippen LogP contribution in [0.15, 0.2) is 42.6 Å². The number of benzene rings is 1. The zero-order valence-corrected chi connectivity index (χ0v) is 20.6. The summed E-state index contributed by atoms with van der Waals surface area (Å²) in [7, 11) is 0. The molecule has 2 aromatic heterocycles. The minimum atomic E-state index is 0.796. The maximum Gasteiger partial charge on any atom is 0.0795 e. The molecular formula is C28H39N5O. The van der Waals surface area contributed by atoms with Gasteiger partial charge in [-0.15, -0.1) is 0 Å². The molecule has 0 radical (unpaired) electrons. The van der Waals surface area contributed by atoms with E-state index in [9.17, 15) is 0 Å². The van der Waals surface area contributed by atoms with Gasteiger partial charge in [0.15, 0.2) is 0 Å². The summed E-state index contributed by atoms with van der Waals surface area (Å²) in [6.07, 6.45) is 7.94. The third-order valence-corrected chi connectivity index (χ3v) is 7.06. The minimum Gasteiger partial charge on any atom is -0.380 e. The fourth-order valence-corrected chi connectivity index (χ4v) is 5.01. The standard InChI is InChI=1S/C28H39N5O/c1-2-19-34-20-14-29-12-3-4-23-21-26-27(31-23)11-13-30-28(26)22-5-7-24(8-6-22)32-15-17-33(18-16-32)25-9-10-25/h5-8,11,13,21,25,29,31H,2-4,9-10,12,14-20H2,1H3. The molecular weight excluding hydrogens is 422 g/mol. The summed E-state index contributed by atoms with van der Waals surface area (Å²) >= 11 is 0. The van der Waals surface area contributed by atoms with Crippen LogP contribution >= 0.6 is 0 Å². The molecule has 34 heavy (non-hydrogen) atoms. The van der Waals surface area contributed by atoms with Gasteiger partial charge in [0.2, 0.25) is 0 Å². The van der Waals surface area contributed by atoms with Crippen molar-refractivity contribution >= 4 is 16.6 Å². The molecule has 1 aliphatic heterocycles. The predicted molar refractivity (Wildman–Crippen MR) is 141 cm³/mol. The molecule has 0 unspecified atom stereocenters. The van der Waals surface area contributed by atoms with E-state index in [4.69, 9.17) is 9.72 Å². The number of aromatic amines is 1. The van der Waals surface area contributed by atoms with Crippen LogP contribution in [0, 0.1) is 0 Å². The Bertz CT molecular complexity index is 1030. The number of aryl methyl sites for hydroxylation is 1. The van der Waals surface area contributed by atoms with E-state index in [0.717, 1.165) is 70.4 Å². The fourth-order valence-electron chi connectivity index (χ4n) is 5.01. The molecule has 1 aliphatic carbocycles. The number of anilines is 1. The first-order valence-electron chi connectivity index (χ1n) is 13.2. The number of rotatable bonds is 12. The van der Waals surface area contributed by atoms with Crippen LogP contribution in [0.2, 0.25) is 0 Å². The van der Waals surface area contributed by atoms with Crippen LogP contribution in [-0.4, -0.2) is 73.4 Å². The number of nitrogens with zero attached hydrogens (tertiary/aromatic N) is 3. The van der Waals surface area contributed by atoms with Crippen LogP contribution < -0.4 is 10.2 Å². The first-order chi connectivity index (χ1) is 16.8. The van der Waals surface area contributed by atoms with Crippen molar-refractivity contribution in [3.05, 3.63) is 48.3 Å². The van der Waals surface area contributed by atoms with Crippen LogP contribution in [0.25, 0.3) is 22.2 Å². The van der Waals surface area contributed by atoms with Crippen LogP contribution in [0.3, 0.4) is 0 Å². The lowest BCUT2D eigenvalue weighted by Gasteiger charge is -2.36. The Labute approximate surface area is 203 Å². The number of piperazine rings is 1. The highest BCUT2D eigenvalue weighted by atomic mass is 16.5. The number of hydrogen-bond donors (Lipinski definition) is 2. The van der Waals surface area contributed by atoms with Crippen molar-refractivity contribution in [3.8, 4) is 11.3 Å². The summed E-state index contributed by atoms with van der Waals surface area (Å²) in [5.74, 6) is 0. The van der Waals surface area contributed by atoms with Crippen molar-refractivity contribution in [2.45, 2.75) is 45.1 Å². The Hall–Kier alpha value is -2.41. The molecule has 3 heterocycles. The molecule has 2 N–H and O–H groups in total. The van der Waals surface area contributed by atoms with Gasteiger partial charge in [0.1, 0.15) is 0 Å². The van der Waals surface area contributed by atoms with Gasteiger partial charge in [-0.05, 0) is 62.9 Å². The van der Waals surface area contributed by atoms with Crippen molar-refractivity contribution < 1.29 is 4.74 Å². The van der Waals surface area contributed by atoms with Crippen LogP contribution in [0.4, 0.5) is 5.69 Å². The Morgan fingerprint density at radius 1 is 1.03 bits per heavy atom. The summed E-state index contributed by atoms with van der Waals surface area (Å²) in [6.45, 7) is 10.4. The minimum absolute atomic E-state index is 0.796. The monoisotopic (exact) mass is 461 g/mol. The third-order valence-electron chi connectivity index (χ3n) is 7.06. The van der Waals surface area contributed by atoms with E-state index in [0.29, 0.717) is 0 Å². The van der Waals surface area contributed by atoms with E-state index in [1.807, 2.05) is 6.20 Å². The molecule has 0 bridgehead atoms. The zero-order valence-electron chi connectivity index (χ0n) is 20.6. The maximum absolute atomic E-state index is 5.52. The number of aromatic nitrogens is 2. The van der Waals surface area contributed by atoms with E-state index in [1.54, 1.807) is 0 Å². The van der Waals surface area contributed by atoms with Gasteiger partial charge in [-0.3, -0.25) is 9.88 Å². The predicted octanol–water partition coefficient (Wildman–Crippen LogP) is 4.46. The molecule has 1 aromatic carbocycles. The Kier molecular flexibility index (Phi) is 7.79. The molecule has 2 aliphatic rings. The van der Waals surface area contributed by atoms with Crippen LogP contribution in [0.1, 0.15) is 38.3 Å². The van der Waals surface area contributed by atoms with Gasteiger partial charge in [-0.25, -0.2) is 0 Å². The van der Waals surface area contributed by atoms with Crippen molar-refractivity contribution in [1.29, 1.82) is 0 Å². The summed E-state index contributed by atoms with van der Waals surface area (Å²) in [4.78, 5) is 13.5. The van der Waals surface area contributed by atoms with Crippen molar-refractivity contribution in [2.75, 3.05) is 57.4 Å². The Morgan fingerprint density at radius 2 is 1.85 bits per heavy atom. The van der Waals surface area contributed by atoms with Gasteiger partial charge in [0.05, 0.1) is 12.3 Å². The number of H-pyrrole nitrogens is 1. The van der Waals surface area contributed by atoms with Gasteiger partial charge >= 0.3 is 0 Å². The molecule has 1 saturated heterocycles. The first-order valence-corrected chi connectivity index (χ1v) is 13.2. The second-order valence-corrected chi connectivity index (χ2v) is 9.68. The second kappa shape index (κ2) is 11.3. The normalized spacial score (nSPS) is 17.0. The Balaban J connectivity index is 1.17. The van der Waals surface area contributed by atoms with E-state index < -0.39 is 0 Å². The van der Waals surface area contributed by atoms with Gasteiger partial charge < -0.3 is 19.9 Å². The lowest BCUT2D eigenvalue weighted by atomic mass is 10.1. The van der Waals surface area contributed by atoms with Crippen molar-refractivity contribution in [1.82, 2.24) is 20.2 Å². The molecule has 5 rings (SSSR count). The maximum atomic E-state index is 5.52. The highest BCUT2D eigenvalue weighted by Gasteiger charge is 2.31. The molecule has 1 saturated carbocycles. The quantitative estimate of drug-likeness (QED) is 0.390. The number of fused-ring (bicyclic) bond motifs is 1. The topological polar surface area (TPSA) is 56.4 Å². The highest BCUT2D eigenvalue weighted by molar-refractivity contribution is 5.93. The number of pyridine rings is 1. The third kappa shape index (κ3) is 5.80. The van der Waals surface area contributed by atoms with E-state index in [-0.39, 0.29) is 0 Å². The lowest BCUT2D eigenvalue weighted by molar-refractivity contribution is 0.136. The SMILES string of the molecule is CCCOCCNCCCc1cc2c(-c3ccc(N4CCN(C5CC5)CC4)cc3)nccc2[nH]1. The van der Waals surface area contributed by atoms with Crippen molar-refractivity contribution in [3.63, 3.8) is 0 Å². The molecule has 0 amide bonds. The van der Waals surface area contributed by atoms with Gasteiger partial charge in [-0.2, -0.15) is 0 Å². The number of ether oxygens (including phenoxy) is 1. The molecule has 6 nitrogen and oxygen atoms in total. The van der Waals surface area contributed by atoms with Crippen LogP contribution in [0.5, 0.6) is 0 Å². The van der Waals surface area contributed by atoms with Gasteiger partial charge in [0.25, 0.3) is 0 Å². The molecule has 0 atom stereocenters. The molecule has 3 aromatic rings. The summed E-state index contributed by atoms with van der Waals surface area (Å²) in [6, 6.07) is 14.3. The van der Waals surface area contributed by atoms with Crippen molar-refractivity contribution in [2.24, 2.45) is 0 Å². The smallest absolute Gasteiger partial charge is 0.0795 e. The largest absolute Gasteiger partial charge is 0.380 e. The average Bonchev–Trinajstić information content (AvgIpc) is 3.65. The summed E-state index contributed by atoms with van der Waals surface area (Å²) in [5.41, 5.74) is 6.02. The number of hydrogen-bond acceptors (Lipinski definition) is 5. The van der Waals surface area contributed by atoms with E-state index >= 15 is 0 Å². The summed E-state index contributed by atoms with van der Waals surface area (Å²) in [5, 5.41) is 4.68. The zero-order chi connectivity index (χ0) is 23.2. The first kappa shape index (κ1) is 23.3. The molecule has 0 spiro atoms. The highest BCUT2D eigenvalue weighted by Crippen LogP contribution is 2.31. The molecule has 182 valence electrons. The average molecular weight is 462 g/mol. The fraction of sp³-hybridized carbons (Fsp3) is 0.536. The molecule has 6 heteroatoms. The Morgan fingerprint density at radius 3 is 2.62 bits per heavy atom. The van der Waals surface area contributed by atoms with Gasteiger partial charge in [0, 0.05) is 79.4 Å². The second-order valence-electron chi connectivity index (χ2n) is 9.68. The van der Waals surface area contributed by atoms with E-state index in [2.05, 4.69) is 63.4 Å². The van der Waals surface area contributed by atoms with E-state index in [1.165, 1.54) is 53.8 Å². The van der Waals surface area contributed by atoms with Crippen LogP contribution in [-0.2, 0) is 11.2 Å². The lowest BCUT2D eigenvalue weighted by Crippen LogP contribution is -2.47. The molecule has 2 fully saturated rings.